The molecule has 11 aromatic rings. The third-order valence-electron chi connectivity index (χ3n) is 10.2. The summed E-state index contributed by atoms with van der Waals surface area (Å²) in [5, 5.41) is 10.3. The van der Waals surface area contributed by atoms with Crippen LogP contribution in [0.15, 0.2) is 170 Å². The lowest BCUT2D eigenvalue weighted by atomic mass is 10.0. The highest BCUT2D eigenvalue weighted by Gasteiger charge is 2.21. The van der Waals surface area contributed by atoms with E-state index in [4.69, 9.17) is 0 Å². The summed E-state index contributed by atoms with van der Waals surface area (Å²) in [5.74, 6) is 0. The zero-order valence-corrected chi connectivity index (χ0v) is 28.5. The van der Waals surface area contributed by atoms with Crippen molar-refractivity contribution in [2.24, 2.45) is 0 Å². The number of thiophene rings is 2. The molecule has 0 aliphatic rings. The Morgan fingerprint density at radius 3 is 1.76 bits per heavy atom. The van der Waals surface area contributed by atoms with Gasteiger partial charge in [-0.15, -0.1) is 22.7 Å². The molecule has 4 heteroatoms. The molecule has 3 aromatic heterocycles. The molecule has 0 fully saturated rings. The second kappa shape index (κ2) is 10.8. The van der Waals surface area contributed by atoms with Gasteiger partial charge in [0.25, 0.3) is 0 Å². The molecule has 2 nitrogen and oxygen atoms in total. The number of benzene rings is 8. The van der Waals surface area contributed by atoms with Crippen LogP contribution in [-0.4, -0.2) is 4.57 Å². The lowest BCUT2D eigenvalue weighted by Crippen LogP contribution is -2.10. The molecule has 0 aliphatic heterocycles. The number of hydrogen-bond acceptors (Lipinski definition) is 3. The van der Waals surface area contributed by atoms with Crippen molar-refractivity contribution in [2.45, 2.75) is 0 Å². The van der Waals surface area contributed by atoms with Gasteiger partial charge in [-0.3, -0.25) is 0 Å². The van der Waals surface area contributed by atoms with Gasteiger partial charge in [0.15, 0.2) is 0 Å². The molecule has 0 aliphatic carbocycles. The van der Waals surface area contributed by atoms with Gasteiger partial charge in [0.2, 0.25) is 0 Å². The minimum absolute atomic E-state index is 1.14. The van der Waals surface area contributed by atoms with Crippen LogP contribution in [0.3, 0.4) is 0 Å². The Kier molecular flexibility index (Phi) is 6.03. The van der Waals surface area contributed by atoms with Crippen LogP contribution in [0.5, 0.6) is 0 Å². The minimum atomic E-state index is 1.14. The summed E-state index contributed by atoms with van der Waals surface area (Å²) < 4.78 is 7.64. The third kappa shape index (κ3) is 4.07. The Labute approximate surface area is 296 Å². The smallest absolute Gasteiger partial charge is 0.0554 e. The summed E-state index contributed by atoms with van der Waals surface area (Å²) in [5.41, 5.74) is 7.05. The quantitative estimate of drug-likeness (QED) is 0.181. The summed E-state index contributed by atoms with van der Waals surface area (Å²) in [7, 11) is 0. The highest BCUT2D eigenvalue weighted by atomic mass is 32.1. The summed E-state index contributed by atoms with van der Waals surface area (Å²) in [4.78, 5) is 2.49. The van der Waals surface area contributed by atoms with Gasteiger partial charge in [0, 0.05) is 68.2 Å². The van der Waals surface area contributed by atoms with Crippen LogP contribution in [0, 0.1) is 0 Å². The number of aromatic nitrogens is 1. The molecule has 0 amide bonds. The molecule has 0 atom stereocenters. The van der Waals surface area contributed by atoms with Crippen molar-refractivity contribution in [2.75, 3.05) is 4.90 Å². The van der Waals surface area contributed by atoms with Gasteiger partial charge in [0.1, 0.15) is 0 Å². The van der Waals surface area contributed by atoms with E-state index in [1.807, 2.05) is 22.7 Å². The fourth-order valence-electron chi connectivity index (χ4n) is 7.99. The normalized spacial score (nSPS) is 12.0. The molecule has 0 saturated heterocycles. The number of nitrogens with zero attached hydrogens (tertiary/aromatic N) is 2. The first kappa shape index (κ1) is 28.0. The highest BCUT2D eigenvalue weighted by molar-refractivity contribution is 7.26. The van der Waals surface area contributed by atoms with E-state index in [-0.39, 0.29) is 0 Å². The molecule has 50 heavy (non-hydrogen) atoms. The van der Waals surface area contributed by atoms with Crippen LogP contribution >= 0.6 is 22.7 Å². The van der Waals surface area contributed by atoms with Crippen LogP contribution in [-0.2, 0) is 0 Å². The number of rotatable bonds is 4. The molecule has 234 valence electrons. The molecule has 0 N–H and O–H groups in total. The molecule has 0 unspecified atom stereocenters. The largest absolute Gasteiger partial charge is 0.310 e. The topological polar surface area (TPSA) is 8.17 Å². The average Bonchev–Trinajstić information content (AvgIpc) is 3.85. The second-order valence-electron chi connectivity index (χ2n) is 12.9. The average molecular weight is 673 g/mol. The van der Waals surface area contributed by atoms with Crippen LogP contribution < -0.4 is 4.90 Å². The van der Waals surface area contributed by atoms with Crippen LogP contribution in [0.2, 0.25) is 0 Å². The molecule has 0 radical (unpaired) electrons. The van der Waals surface area contributed by atoms with Gasteiger partial charge < -0.3 is 9.47 Å². The predicted molar refractivity (Wildman–Crippen MR) is 219 cm³/mol. The molecule has 3 heterocycles. The van der Waals surface area contributed by atoms with Crippen LogP contribution in [0.25, 0.3) is 78.6 Å². The van der Waals surface area contributed by atoms with Crippen molar-refractivity contribution in [1.29, 1.82) is 0 Å². The van der Waals surface area contributed by atoms with E-state index in [1.165, 1.54) is 84.3 Å². The zero-order chi connectivity index (χ0) is 32.8. The van der Waals surface area contributed by atoms with Gasteiger partial charge in [-0.05, 0) is 89.6 Å². The second-order valence-corrected chi connectivity index (χ2v) is 15.1. The van der Waals surface area contributed by atoms with Crippen LogP contribution in [0.1, 0.15) is 0 Å². The van der Waals surface area contributed by atoms with E-state index in [0.29, 0.717) is 0 Å². The van der Waals surface area contributed by atoms with E-state index >= 15 is 0 Å². The van der Waals surface area contributed by atoms with E-state index in [1.54, 1.807) is 0 Å². The summed E-state index contributed by atoms with van der Waals surface area (Å²) >= 11 is 3.74. The lowest BCUT2D eigenvalue weighted by molar-refractivity contribution is 1.18. The zero-order valence-electron chi connectivity index (χ0n) is 26.9. The SMILES string of the molecule is c1ccc(-n2c3ccccc3c3cc(N(c4ccc5ccc6sc7ccccc7c6c5c4)c4cccc5sc6ccccc6c45)ccc32)cc1. The summed E-state index contributed by atoms with van der Waals surface area (Å²) in [6, 6.07) is 62.5. The molecule has 11 rings (SSSR count). The first-order chi connectivity index (χ1) is 24.8. The standard InChI is InChI=1S/C46H28N2S2/c1-2-11-30(12-3-1)48-38-16-7-4-13-33(38)37-28-32(24-25-39(37)48)47(40-17-10-20-43-46(40)35-15-6-9-19-42(35)49-43)31-23-21-29-22-26-44-45(36(29)27-31)34-14-5-8-18-41(34)50-44/h1-28H. The Bertz CT molecular complexity index is 3110. The molecule has 0 saturated carbocycles. The highest BCUT2D eigenvalue weighted by Crippen LogP contribution is 2.47. The van der Waals surface area contributed by atoms with Crippen LogP contribution in [0.4, 0.5) is 17.1 Å². The van der Waals surface area contributed by atoms with E-state index in [2.05, 4.69) is 179 Å². The van der Waals surface area contributed by atoms with E-state index < -0.39 is 0 Å². The summed E-state index contributed by atoms with van der Waals surface area (Å²) in [6.07, 6.45) is 0. The van der Waals surface area contributed by atoms with Crippen molar-refractivity contribution in [3.8, 4) is 5.69 Å². The Morgan fingerprint density at radius 2 is 0.960 bits per heavy atom. The van der Waals surface area contributed by atoms with Crippen molar-refractivity contribution in [1.82, 2.24) is 4.57 Å². The van der Waals surface area contributed by atoms with Gasteiger partial charge in [-0.25, -0.2) is 0 Å². The maximum atomic E-state index is 2.49. The third-order valence-corrected chi connectivity index (χ3v) is 12.4. The molecule has 8 aromatic carbocycles. The molecular weight excluding hydrogens is 645 g/mol. The van der Waals surface area contributed by atoms with E-state index in [9.17, 15) is 0 Å². The van der Waals surface area contributed by atoms with Crippen molar-refractivity contribution >= 4 is 113 Å². The van der Waals surface area contributed by atoms with Gasteiger partial charge in [0.05, 0.1) is 16.7 Å². The first-order valence-corrected chi connectivity index (χ1v) is 18.6. The fraction of sp³-hybridized carbons (Fsp3) is 0. The number of fused-ring (bicyclic) bond motifs is 11. The van der Waals surface area contributed by atoms with Gasteiger partial charge in [-0.2, -0.15) is 0 Å². The van der Waals surface area contributed by atoms with Crippen molar-refractivity contribution in [3.05, 3.63) is 170 Å². The van der Waals surface area contributed by atoms with Gasteiger partial charge in [-0.1, -0.05) is 91.0 Å². The minimum Gasteiger partial charge on any atom is -0.310 e. The fourth-order valence-corrected chi connectivity index (χ4v) is 10.2. The predicted octanol–water partition coefficient (Wildman–Crippen LogP) is 14.1. The molecule has 0 spiro atoms. The Hall–Kier alpha value is -5.94. The first-order valence-electron chi connectivity index (χ1n) is 16.9. The van der Waals surface area contributed by atoms with E-state index in [0.717, 1.165) is 11.4 Å². The number of hydrogen-bond donors (Lipinski definition) is 0. The maximum Gasteiger partial charge on any atom is 0.0554 e. The Balaban J connectivity index is 1.23. The van der Waals surface area contributed by atoms with Crippen molar-refractivity contribution in [3.63, 3.8) is 0 Å². The molecule has 0 bridgehead atoms. The Morgan fingerprint density at radius 1 is 0.380 bits per heavy atom. The van der Waals surface area contributed by atoms with Gasteiger partial charge >= 0.3 is 0 Å². The molecular formula is C46H28N2S2. The summed E-state index contributed by atoms with van der Waals surface area (Å²) in [6.45, 7) is 0. The number of anilines is 3. The van der Waals surface area contributed by atoms with Crippen molar-refractivity contribution < 1.29 is 0 Å². The maximum absolute atomic E-state index is 2.49. The number of para-hydroxylation sites is 2. The lowest BCUT2D eigenvalue weighted by Gasteiger charge is -2.27. The monoisotopic (exact) mass is 672 g/mol.